The summed E-state index contributed by atoms with van der Waals surface area (Å²) in [5, 5.41) is 2.45. The highest BCUT2D eigenvalue weighted by Gasteiger charge is 2.29. The second-order valence-electron chi connectivity index (χ2n) is 6.18. The summed E-state index contributed by atoms with van der Waals surface area (Å²) in [6, 6.07) is 0.955. The molecule has 0 aliphatic carbocycles. The van der Waals surface area contributed by atoms with Gasteiger partial charge in [-0.05, 0) is 5.41 Å². The molecule has 1 heterocycles. The number of carbonyl (C=O) groups is 2. The van der Waals surface area contributed by atoms with Crippen molar-refractivity contribution in [3.63, 3.8) is 0 Å². The van der Waals surface area contributed by atoms with Crippen LogP contribution in [0.15, 0.2) is 12.3 Å². The molecule has 3 N–H and O–H groups in total. The number of amides is 2. The molecule has 0 saturated carbocycles. The van der Waals surface area contributed by atoms with Crippen LogP contribution in [0, 0.1) is 5.41 Å². The number of ether oxygens (including phenoxy) is 1. The highest BCUT2D eigenvalue weighted by molar-refractivity contribution is 6.32. The number of rotatable bonds is 4. The second kappa shape index (κ2) is 9.45. The minimum absolute atomic E-state index is 0.111. The lowest BCUT2D eigenvalue weighted by molar-refractivity contribution is -0.153. The van der Waals surface area contributed by atoms with Gasteiger partial charge in [0.05, 0.1) is 6.20 Å². The maximum Gasteiger partial charge on any atom is 0.422 e. The average molecular weight is 384 g/mol. The summed E-state index contributed by atoms with van der Waals surface area (Å²) in [4.78, 5) is 24.9. The lowest BCUT2D eigenvalue weighted by Gasteiger charge is -2.15. The van der Waals surface area contributed by atoms with E-state index in [4.69, 9.17) is 17.3 Å². The minimum atomic E-state index is -4.49. The molecule has 1 aromatic heterocycles. The molecule has 1 rings (SSSR count). The number of nitrogens with two attached hydrogens (primary N) is 1. The zero-order valence-corrected chi connectivity index (χ0v) is 15.1. The standard InChI is InChI=1S/C8H6ClF3N2O2.C7H15NO/c9-4-2-14-5(7(13)15)1-6(4)16-3-8(10,11)12;1-7(2,3)5-6(9)8-4/h1-2H,3H2,(H2,13,15);5H2,1-4H3,(H,8,9). The maximum atomic E-state index is 11.9. The monoisotopic (exact) mass is 383 g/mol. The number of hydrogen-bond donors (Lipinski definition) is 2. The molecule has 0 aliphatic rings. The van der Waals surface area contributed by atoms with Gasteiger partial charge in [-0.3, -0.25) is 9.59 Å². The Morgan fingerprint density at radius 2 is 1.88 bits per heavy atom. The first kappa shape index (κ1) is 23.0. The van der Waals surface area contributed by atoms with Crippen LogP contribution >= 0.6 is 11.6 Å². The number of nitrogens with zero attached hydrogens (tertiary/aromatic N) is 1. The molecule has 1 aromatic rings. The second-order valence-corrected chi connectivity index (χ2v) is 6.59. The fourth-order valence-electron chi connectivity index (χ4n) is 1.40. The van der Waals surface area contributed by atoms with Crippen LogP contribution in [-0.4, -0.2) is 36.6 Å². The van der Waals surface area contributed by atoms with Gasteiger partial charge in [-0.1, -0.05) is 32.4 Å². The quantitative estimate of drug-likeness (QED) is 0.835. The Kier molecular flexibility index (Phi) is 8.68. The summed E-state index contributed by atoms with van der Waals surface area (Å²) < 4.78 is 40.0. The molecule has 10 heteroatoms. The highest BCUT2D eigenvalue weighted by Crippen LogP contribution is 2.26. The average Bonchev–Trinajstić information content (AvgIpc) is 2.44. The minimum Gasteiger partial charge on any atom is -0.482 e. The van der Waals surface area contributed by atoms with Crippen molar-refractivity contribution >= 4 is 23.4 Å². The molecule has 142 valence electrons. The van der Waals surface area contributed by atoms with Crippen molar-refractivity contribution in [2.24, 2.45) is 11.1 Å². The van der Waals surface area contributed by atoms with Crippen molar-refractivity contribution in [1.29, 1.82) is 0 Å². The number of aromatic nitrogens is 1. The van der Waals surface area contributed by atoms with Crippen molar-refractivity contribution in [1.82, 2.24) is 10.3 Å². The van der Waals surface area contributed by atoms with E-state index in [0.717, 1.165) is 12.3 Å². The number of hydrogen-bond acceptors (Lipinski definition) is 4. The number of nitrogens with one attached hydrogen (secondary N) is 1. The molecule has 25 heavy (non-hydrogen) atoms. The van der Waals surface area contributed by atoms with E-state index in [0.29, 0.717) is 6.42 Å². The Morgan fingerprint density at radius 3 is 2.24 bits per heavy atom. The van der Waals surface area contributed by atoms with Gasteiger partial charge in [-0.25, -0.2) is 4.98 Å². The van der Waals surface area contributed by atoms with Crippen LogP contribution < -0.4 is 15.8 Å². The van der Waals surface area contributed by atoms with E-state index in [1.807, 2.05) is 20.8 Å². The van der Waals surface area contributed by atoms with Crippen LogP contribution in [0.4, 0.5) is 13.2 Å². The van der Waals surface area contributed by atoms with E-state index < -0.39 is 18.7 Å². The summed E-state index contributed by atoms with van der Waals surface area (Å²) in [6.07, 6.45) is -2.89. The summed E-state index contributed by atoms with van der Waals surface area (Å²) >= 11 is 5.52. The van der Waals surface area contributed by atoms with Gasteiger partial charge in [0.2, 0.25) is 5.91 Å². The zero-order chi connectivity index (χ0) is 19.8. The Labute approximate surface area is 148 Å². The van der Waals surface area contributed by atoms with E-state index in [1.165, 1.54) is 0 Å². The maximum absolute atomic E-state index is 11.9. The molecule has 2 amide bonds. The summed E-state index contributed by atoms with van der Waals surface area (Å²) in [6.45, 7) is 4.63. The number of pyridine rings is 1. The van der Waals surface area contributed by atoms with Crippen molar-refractivity contribution in [3.8, 4) is 5.75 Å². The smallest absolute Gasteiger partial charge is 0.422 e. The van der Waals surface area contributed by atoms with Gasteiger partial charge in [-0.15, -0.1) is 0 Å². The predicted molar refractivity (Wildman–Crippen MR) is 87.5 cm³/mol. The third-order valence-corrected chi connectivity index (χ3v) is 2.72. The third kappa shape index (κ3) is 11.2. The molecule has 0 spiro atoms. The fourth-order valence-corrected chi connectivity index (χ4v) is 1.55. The van der Waals surface area contributed by atoms with E-state index in [9.17, 15) is 22.8 Å². The zero-order valence-electron chi connectivity index (χ0n) is 14.3. The Bertz CT molecular complexity index is 602. The highest BCUT2D eigenvalue weighted by atomic mass is 35.5. The Balaban J connectivity index is 0.000000547. The Hall–Kier alpha value is -2.03. The van der Waals surface area contributed by atoms with E-state index in [-0.39, 0.29) is 27.8 Å². The van der Waals surface area contributed by atoms with Gasteiger partial charge >= 0.3 is 6.18 Å². The molecule has 0 bridgehead atoms. The molecule has 0 radical (unpaired) electrons. The van der Waals surface area contributed by atoms with Crippen LogP contribution in [0.3, 0.4) is 0 Å². The fraction of sp³-hybridized carbons (Fsp3) is 0.533. The van der Waals surface area contributed by atoms with Gasteiger partial charge < -0.3 is 15.8 Å². The first-order valence-electron chi connectivity index (χ1n) is 7.10. The van der Waals surface area contributed by atoms with Gasteiger partial charge in [-0.2, -0.15) is 13.2 Å². The van der Waals surface area contributed by atoms with E-state index in [1.54, 1.807) is 7.05 Å². The van der Waals surface area contributed by atoms with Crippen LogP contribution in [0.5, 0.6) is 5.75 Å². The molecule has 0 aliphatic heterocycles. The van der Waals surface area contributed by atoms with E-state index >= 15 is 0 Å². The number of halogens is 4. The van der Waals surface area contributed by atoms with Gasteiger partial charge in [0, 0.05) is 19.5 Å². The topological polar surface area (TPSA) is 94.3 Å². The Morgan fingerprint density at radius 1 is 1.32 bits per heavy atom. The normalized spacial score (nSPS) is 11.2. The van der Waals surface area contributed by atoms with Crippen LogP contribution in [0.1, 0.15) is 37.7 Å². The van der Waals surface area contributed by atoms with Gasteiger partial charge in [0.25, 0.3) is 5.91 Å². The number of primary amides is 1. The largest absolute Gasteiger partial charge is 0.482 e. The molecule has 6 nitrogen and oxygen atoms in total. The van der Waals surface area contributed by atoms with E-state index in [2.05, 4.69) is 15.0 Å². The van der Waals surface area contributed by atoms with Crippen LogP contribution in [0.25, 0.3) is 0 Å². The molecule has 0 atom stereocenters. The van der Waals surface area contributed by atoms with Crippen LogP contribution in [0.2, 0.25) is 5.02 Å². The predicted octanol–water partition coefficient (Wildman–Crippen LogP) is 2.94. The lowest BCUT2D eigenvalue weighted by Crippen LogP contribution is -2.23. The van der Waals surface area contributed by atoms with Gasteiger partial charge in [0.15, 0.2) is 6.61 Å². The van der Waals surface area contributed by atoms with Crippen LogP contribution in [-0.2, 0) is 4.79 Å². The van der Waals surface area contributed by atoms with Crippen molar-refractivity contribution < 1.29 is 27.5 Å². The first-order valence-corrected chi connectivity index (χ1v) is 7.48. The number of carbonyl (C=O) groups excluding carboxylic acids is 2. The molecule has 0 aromatic carbocycles. The lowest BCUT2D eigenvalue weighted by atomic mass is 9.92. The van der Waals surface area contributed by atoms with Crippen molar-refractivity contribution in [3.05, 3.63) is 23.0 Å². The first-order chi connectivity index (χ1) is 11.2. The third-order valence-electron chi connectivity index (χ3n) is 2.43. The van der Waals surface area contributed by atoms with Crippen molar-refractivity contribution in [2.45, 2.75) is 33.4 Å². The molecular weight excluding hydrogens is 363 g/mol. The summed E-state index contributed by atoms with van der Waals surface area (Å²) in [7, 11) is 1.66. The summed E-state index contributed by atoms with van der Waals surface area (Å²) in [5.41, 5.74) is 4.78. The molecule has 0 fully saturated rings. The van der Waals surface area contributed by atoms with Gasteiger partial charge in [0.1, 0.15) is 16.5 Å². The molecule has 0 unspecified atom stereocenters. The van der Waals surface area contributed by atoms with Crippen molar-refractivity contribution in [2.75, 3.05) is 13.7 Å². The molecular formula is C15H21ClF3N3O3. The SMILES string of the molecule is CNC(=O)CC(C)(C)C.NC(=O)c1cc(OCC(F)(F)F)c(Cl)cn1. The summed E-state index contributed by atoms with van der Waals surface area (Å²) in [5.74, 6) is -1.06. The molecule has 0 saturated heterocycles. The number of alkyl halides is 3.